The summed E-state index contributed by atoms with van der Waals surface area (Å²) in [4.78, 5) is 5.02. The van der Waals surface area contributed by atoms with Crippen molar-refractivity contribution in [1.29, 1.82) is 0 Å². The van der Waals surface area contributed by atoms with Crippen molar-refractivity contribution in [3.8, 4) is 11.3 Å². The van der Waals surface area contributed by atoms with Crippen LogP contribution in [0.3, 0.4) is 0 Å². The van der Waals surface area contributed by atoms with Gasteiger partial charge in [0, 0.05) is 30.7 Å². The summed E-state index contributed by atoms with van der Waals surface area (Å²) in [5.74, 6) is 0. The van der Waals surface area contributed by atoms with E-state index in [4.69, 9.17) is 4.98 Å². The van der Waals surface area contributed by atoms with Crippen LogP contribution in [0.4, 0.5) is 0 Å². The molecule has 0 aliphatic rings. The van der Waals surface area contributed by atoms with Gasteiger partial charge in [0.2, 0.25) is 0 Å². The fourth-order valence-corrected chi connectivity index (χ4v) is 4.93. The molecule has 0 atom stereocenters. The van der Waals surface area contributed by atoms with Crippen molar-refractivity contribution >= 4 is 64.3 Å². The molecule has 0 fully saturated rings. The lowest BCUT2D eigenvalue weighted by Crippen LogP contribution is -1.91. The lowest BCUT2D eigenvalue weighted by atomic mass is 9.95. The van der Waals surface area contributed by atoms with Gasteiger partial charge in [-0.15, -0.1) is 0 Å². The van der Waals surface area contributed by atoms with Crippen molar-refractivity contribution < 1.29 is 0 Å². The van der Waals surface area contributed by atoms with E-state index in [1.807, 2.05) is 12.1 Å². The highest BCUT2D eigenvalue weighted by Gasteiger charge is 2.13. The highest BCUT2D eigenvalue weighted by atomic mass is 79.9. The van der Waals surface area contributed by atoms with E-state index in [1.54, 1.807) is 0 Å². The molecule has 0 N–H and O–H groups in total. The zero-order chi connectivity index (χ0) is 17.7. The van der Waals surface area contributed by atoms with Crippen molar-refractivity contribution in [2.75, 3.05) is 0 Å². The summed E-state index contributed by atoms with van der Waals surface area (Å²) in [6.07, 6.45) is 0. The largest absolute Gasteiger partial charge is 0.247 e. The van der Waals surface area contributed by atoms with Gasteiger partial charge in [-0.2, -0.15) is 0 Å². The van der Waals surface area contributed by atoms with Gasteiger partial charge < -0.3 is 0 Å². The topological polar surface area (TPSA) is 12.9 Å². The van der Waals surface area contributed by atoms with Gasteiger partial charge in [-0.1, -0.05) is 86.5 Å². The number of nitrogens with zero attached hydrogens (tertiary/aromatic N) is 1. The number of halogens is 2. The summed E-state index contributed by atoms with van der Waals surface area (Å²) in [6.45, 7) is 0. The Balaban J connectivity index is 2.02. The van der Waals surface area contributed by atoms with E-state index in [0.29, 0.717) is 0 Å². The first-order valence-corrected chi connectivity index (χ1v) is 9.96. The van der Waals surface area contributed by atoms with E-state index in [9.17, 15) is 0 Å². The maximum Gasteiger partial charge on any atom is 0.0789 e. The Morgan fingerprint density at radius 2 is 1.31 bits per heavy atom. The molecule has 4 aromatic carbocycles. The van der Waals surface area contributed by atoms with Gasteiger partial charge >= 0.3 is 0 Å². The van der Waals surface area contributed by atoms with Crippen molar-refractivity contribution in [3.05, 3.63) is 87.8 Å². The summed E-state index contributed by atoms with van der Waals surface area (Å²) in [6, 6.07) is 27.6. The van der Waals surface area contributed by atoms with Crippen molar-refractivity contribution in [2.45, 2.75) is 0 Å². The van der Waals surface area contributed by atoms with Gasteiger partial charge in [-0.3, -0.25) is 0 Å². The second kappa shape index (κ2) is 6.19. The molecule has 0 amide bonds. The Morgan fingerprint density at radius 3 is 2.12 bits per heavy atom. The molecule has 0 unspecified atom stereocenters. The van der Waals surface area contributed by atoms with Crippen LogP contribution in [0.2, 0.25) is 0 Å². The Bertz CT molecular complexity index is 1270. The van der Waals surface area contributed by atoms with Crippen molar-refractivity contribution in [1.82, 2.24) is 4.98 Å². The highest BCUT2D eigenvalue weighted by Crippen LogP contribution is 2.38. The quantitative estimate of drug-likeness (QED) is 0.232. The fraction of sp³-hybridized carbons (Fsp3) is 0. The summed E-state index contributed by atoms with van der Waals surface area (Å²) in [5.41, 5.74) is 3.12. The third-order valence-corrected chi connectivity index (χ3v) is 5.64. The normalized spacial score (nSPS) is 11.5. The third kappa shape index (κ3) is 2.54. The molecule has 0 aliphatic carbocycles. The Morgan fingerprint density at radius 1 is 0.615 bits per heavy atom. The van der Waals surface area contributed by atoms with E-state index in [1.165, 1.54) is 26.9 Å². The SMILES string of the molecule is Brc1cc(Br)cc(-c2nc3ccccc3c3c2ccc2ccccc23)c1. The van der Waals surface area contributed by atoms with Gasteiger partial charge in [0.25, 0.3) is 0 Å². The molecule has 0 saturated carbocycles. The van der Waals surface area contributed by atoms with E-state index < -0.39 is 0 Å². The predicted octanol–water partition coefficient (Wildman–Crippen LogP) is 7.73. The minimum absolute atomic E-state index is 1.01. The minimum atomic E-state index is 1.01. The molecule has 1 heterocycles. The van der Waals surface area contributed by atoms with Crippen LogP contribution in [0, 0.1) is 0 Å². The van der Waals surface area contributed by atoms with Crippen LogP contribution >= 0.6 is 31.9 Å². The van der Waals surface area contributed by atoms with Crippen LogP contribution in [0.5, 0.6) is 0 Å². The van der Waals surface area contributed by atoms with Gasteiger partial charge in [0.05, 0.1) is 11.2 Å². The lowest BCUT2D eigenvalue weighted by molar-refractivity contribution is 1.42. The van der Waals surface area contributed by atoms with E-state index >= 15 is 0 Å². The molecular weight excluding hydrogens is 450 g/mol. The first kappa shape index (κ1) is 16.0. The Labute approximate surface area is 167 Å². The maximum absolute atomic E-state index is 5.02. The van der Waals surface area contributed by atoms with Gasteiger partial charge in [-0.05, 0) is 35.0 Å². The van der Waals surface area contributed by atoms with Gasteiger partial charge in [-0.25, -0.2) is 4.98 Å². The molecule has 1 nitrogen and oxygen atoms in total. The molecule has 0 bridgehead atoms. The predicted molar refractivity (Wildman–Crippen MR) is 118 cm³/mol. The second-order valence-corrected chi connectivity index (χ2v) is 8.18. The first-order chi connectivity index (χ1) is 12.7. The molecular formula is C23H13Br2N. The number of hydrogen-bond donors (Lipinski definition) is 0. The van der Waals surface area contributed by atoms with Crippen LogP contribution in [0.25, 0.3) is 43.7 Å². The number of para-hydroxylation sites is 1. The molecule has 0 aliphatic heterocycles. The number of rotatable bonds is 1. The van der Waals surface area contributed by atoms with E-state index in [-0.39, 0.29) is 0 Å². The number of fused-ring (bicyclic) bond motifs is 5. The molecule has 124 valence electrons. The van der Waals surface area contributed by atoms with Crippen LogP contribution in [-0.4, -0.2) is 4.98 Å². The average Bonchev–Trinajstić information content (AvgIpc) is 2.66. The van der Waals surface area contributed by atoms with Crippen LogP contribution < -0.4 is 0 Å². The minimum Gasteiger partial charge on any atom is -0.247 e. The maximum atomic E-state index is 5.02. The molecule has 5 aromatic rings. The van der Waals surface area contributed by atoms with Crippen molar-refractivity contribution in [3.63, 3.8) is 0 Å². The highest BCUT2D eigenvalue weighted by molar-refractivity contribution is 9.11. The number of hydrogen-bond acceptors (Lipinski definition) is 1. The zero-order valence-corrected chi connectivity index (χ0v) is 16.9. The monoisotopic (exact) mass is 461 g/mol. The third-order valence-electron chi connectivity index (χ3n) is 4.73. The molecule has 0 spiro atoms. The van der Waals surface area contributed by atoms with E-state index in [2.05, 4.69) is 98.6 Å². The summed E-state index contributed by atoms with van der Waals surface area (Å²) >= 11 is 7.21. The molecule has 0 saturated heterocycles. The first-order valence-electron chi connectivity index (χ1n) is 8.37. The molecule has 1 aromatic heterocycles. The number of aromatic nitrogens is 1. The van der Waals surface area contributed by atoms with Crippen molar-refractivity contribution in [2.24, 2.45) is 0 Å². The smallest absolute Gasteiger partial charge is 0.0789 e. The molecule has 0 radical (unpaired) electrons. The number of pyridine rings is 1. The van der Waals surface area contributed by atoms with E-state index in [0.717, 1.165) is 25.7 Å². The standard InChI is InChI=1S/C23H13Br2N/c24-16-11-15(12-17(25)13-16)23-20-10-9-14-5-1-2-6-18(14)22(20)19-7-3-4-8-21(19)26-23/h1-13H. The lowest BCUT2D eigenvalue weighted by Gasteiger charge is -2.13. The fourth-order valence-electron chi connectivity index (χ4n) is 3.63. The zero-order valence-electron chi connectivity index (χ0n) is 13.7. The summed E-state index contributed by atoms with van der Waals surface area (Å²) in [7, 11) is 0. The van der Waals surface area contributed by atoms with Gasteiger partial charge in [0.15, 0.2) is 0 Å². The van der Waals surface area contributed by atoms with Crippen LogP contribution in [-0.2, 0) is 0 Å². The summed E-state index contributed by atoms with van der Waals surface area (Å²) < 4.78 is 2.07. The Kier molecular flexibility index (Phi) is 3.80. The summed E-state index contributed by atoms with van der Waals surface area (Å²) in [5, 5.41) is 6.14. The molecule has 3 heteroatoms. The Hall–Kier alpha value is -2.23. The van der Waals surface area contributed by atoms with Gasteiger partial charge in [0.1, 0.15) is 0 Å². The van der Waals surface area contributed by atoms with Crippen LogP contribution in [0.1, 0.15) is 0 Å². The van der Waals surface area contributed by atoms with Crippen LogP contribution in [0.15, 0.2) is 87.8 Å². The number of benzene rings is 4. The molecule has 5 rings (SSSR count). The average molecular weight is 463 g/mol. The molecule has 26 heavy (non-hydrogen) atoms. The second-order valence-electron chi connectivity index (χ2n) is 6.34.